The molecule has 0 aliphatic carbocycles. The van der Waals surface area contributed by atoms with Crippen LogP contribution in [0, 0.1) is 22.7 Å². The minimum Gasteiger partial charge on any atom is -0.378 e. The fourth-order valence-electron chi connectivity index (χ4n) is 1.64. The average molecular weight is 242 g/mol. The second-order valence-corrected chi connectivity index (χ2v) is 4.21. The number of hydrogen-bond donors (Lipinski definition) is 1. The fourth-order valence-corrected chi connectivity index (χ4v) is 1.64. The molecule has 0 aromatic heterocycles. The lowest BCUT2D eigenvalue weighted by molar-refractivity contribution is -0.118. The Kier molecular flexibility index (Phi) is 3.91. The highest BCUT2D eigenvalue weighted by atomic mass is 16.1. The molecule has 5 nitrogen and oxygen atoms in total. The van der Waals surface area contributed by atoms with E-state index >= 15 is 0 Å². The summed E-state index contributed by atoms with van der Waals surface area (Å²) in [5.41, 5.74) is 5.02. The Morgan fingerprint density at radius 1 is 1.28 bits per heavy atom. The molecule has 0 atom stereocenters. The van der Waals surface area contributed by atoms with E-state index in [1.54, 1.807) is 24.3 Å². The molecule has 0 aliphatic heterocycles. The second-order valence-electron chi connectivity index (χ2n) is 4.21. The van der Waals surface area contributed by atoms with Gasteiger partial charge in [-0.2, -0.15) is 10.5 Å². The number of hydrogen-bond acceptors (Lipinski definition) is 4. The number of amides is 1. The van der Waals surface area contributed by atoms with Crippen molar-refractivity contribution in [3.63, 3.8) is 0 Å². The van der Waals surface area contributed by atoms with Crippen LogP contribution in [0.5, 0.6) is 0 Å². The van der Waals surface area contributed by atoms with Gasteiger partial charge in [-0.25, -0.2) is 0 Å². The van der Waals surface area contributed by atoms with Crippen LogP contribution in [0.1, 0.15) is 12.0 Å². The Morgan fingerprint density at radius 3 is 2.11 bits per heavy atom. The van der Waals surface area contributed by atoms with Crippen molar-refractivity contribution in [1.29, 1.82) is 10.5 Å². The molecule has 18 heavy (non-hydrogen) atoms. The maximum absolute atomic E-state index is 11.0. The molecule has 0 bridgehead atoms. The first-order chi connectivity index (χ1) is 8.45. The Morgan fingerprint density at radius 2 is 1.78 bits per heavy atom. The Balaban J connectivity index is 3.20. The number of anilines is 1. The number of carbonyl (C=O) groups is 1. The lowest BCUT2D eigenvalue weighted by atomic mass is 9.80. The monoisotopic (exact) mass is 242 g/mol. The zero-order valence-corrected chi connectivity index (χ0v) is 10.3. The molecule has 0 fully saturated rings. The summed E-state index contributed by atoms with van der Waals surface area (Å²) in [6.45, 7) is 0. The predicted octanol–water partition coefficient (Wildman–Crippen LogP) is 0.913. The van der Waals surface area contributed by atoms with E-state index in [9.17, 15) is 4.79 Å². The van der Waals surface area contributed by atoms with E-state index in [2.05, 4.69) is 0 Å². The molecule has 1 aromatic rings. The van der Waals surface area contributed by atoms with E-state index in [4.69, 9.17) is 16.3 Å². The minimum atomic E-state index is -1.50. The van der Waals surface area contributed by atoms with Crippen LogP contribution in [0.15, 0.2) is 24.3 Å². The highest BCUT2D eigenvalue weighted by Crippen LogP contribution is 2.28. The number of rotatable bonds is 4. The molecule has 0 saturated carbocycles. The summed E-state index contributed by atoms with van der Waals surface area (Å²) in [7, 11) is 3.78. The molecule has 5 heteroatoms. The molecule has 0 spiro atoms. The maximum Gasteiger partial charge on any atom is 0.220 e. The lowest BCUT2D eigenvalue weighted by Gasteiger charge is -2.19. The predicted molar refractivity (Wildman–Crippen MR) is 67.5 cm³/mol. The van der Waals surface area contributed by atoms with Crippen LogP contribution >= 0.6 is 0 Å². The molecule has 1 rings (SSSR count). The number of carbonyl (C=O) groups excluding carboxylic acids is 1. The van der Waals surface area contributed by atoms with Crippen LogP contribution < -0.4 is 10.6 Å². The summed E-state index contributed by atoms with van der Waals surface area (Å²) < 4.78 is 0. The largest absolute Gasteiger partial charge is 0.378 e. The maximum atomic E-state index is 11.0. The van der Waals surface area contributed by atoms with Gasteiger partial charge in [0.05, 0.1) is 18.6 Å². The molecule has 2 N–H and O–H groups in total. The van der Waals surface area contributed by atoms with Gasteiger partial charge < -0.3 is 10.6 Å². The fraction of sp³-hybridized carbons (Fsp3) is 0.308. The summed E-state index contributed by atoms with van der Waals surface area (Å²) in [6.07, 6.45) is -0.304. The molecular formula is C13H14N4O. The third-order valence-corrected chi connectivity index (χ3v) is 2.70. The van der Waals surface area contributed by atoms with Crippen LogP contribution in [-0.2, 0) is 10.2 Å². The van der Waals surface area contributed by atoms with Crippen molar-refractivity contribution in [3.8, 4) is 12.1 Å². The standard InChI is InChI=1S/C13H14N4O/c1-17(2)11-5-3-10(4-6-11)13(8-14,9-15)7-12(16)18/h3-6H,7H2,1-2H3,(H2,16,18). The van der Waals surface area contributed by atoms with Gasteiger partial charge in [0, 0.05) is 19.8 Å². The van der Waals surface area contributed by atoms with Gasteiger partial charge in [-0.1, -0.05) is 12.1 Å². The van der Waals surface area contributed by atoms with E-state index in [1.807, 2.05) is 31.1 Å². The first-order valence-corrected chi connectivity index (χ1v) is 5.34. The zero-order valence-electron chi connectivity index (χ0n) is 10.3. The summed E-state index contributed by atoms with van der Waals surface area (Å²) in [5.74, 6) is -0.671. The summed E-state index contributed by atoms with van der Waals surface area (Å²) in [6, 6.07) is 10.7. The van der Waals surface area contributed by atoms with Gasteiger partial charge >= 0.3 is 0 Å². The Labute approximate surface area is 106 Å². The summed E-state index contributed by atoms with van der Waals surface area (Å²) >= 11 is 0. The molecule has 0 aliphatic rings. The zero-order chi connectivity index (χ0) is 13.8. The molecule has 1 amide bonds. The number of nitriles is 2. The van der Waals surface area contributed by atoms with Gasteiger partial charge in [0.15, 0.2) is 5.41 Å². The Hall–Kier alpha value is -2.53. The van der Waals surface area contributed by atoms with Crippen molar-refractivity contribution < 1.29 is 4.79 Å². The second kappa shape index (κ2) is 5.20. The average Bonchev–Trinajstić information content (AvgIpc) is 2.36. The molecule has 0 radical (unpaired) electrons. The van der Waals surface area contributed by atoms with Gasteiger partial charge in [-0.05, 0) is 17.7 Å². The number of nitrogens with two attached hydrogens (primary N) is 1. The van der Waals surface area contributed by atoms with E-state index in [0.29, 0.717) is 5.56 Å². The number of nitrogens with zero attached hydrogens (tertiary/aromatic N) is 3. The highest BCUT2D eigenvalue weighted by Gasteiger charge is 2.34. The molecule has 0 heterocycles. The lowest BCUT2D eigenvalue weighted by Crippen LogP contribution is -2.29. The normalized spacial score (nSPS) is 10.2. The molecule has 92 valence electrons. The van der Waals surface area contributed by atoms with Gasteiger partial charge in [0.2, 0.25) is 5.91 Å². The van der Waals surface area contributed by atoms with E-state index < -0.39 is 11.3 Å². The molecule has 1 aromatic carbocycles. The molecule has 0 unspecified atom stereocenters. The van der Waals surface area contributed by atoms with Gasteiger partial charge in [0.25, 0.3) is 0 Å². The van der Waals surface area contributed by atoms with Gasteiger partial charge in [-0.15, -0.1) is 0 Å². The number of primary amides is 1. The van der Waals surface area contributed by atoms with Crippen LogP contribution in [0.2, 0.25) is 0 Å². The number of benzene rings is 1. The van der Waals surface area contributed by atoms with Crippen molar-refractivity contribution in [3.05, 3.63) is 29.8 Å². The third kappa shape index (κ3) is 2.58. The van der Waals surface area contributed by atoms with E-state index in [1.165, 1.54) is 0 Å². The minimum absolute atomic E-state index is 0.304. The van der Waals surface area contributed by atoms with E-state index in [0.717, 1.165) is 5.69 Å². The van der Waals surface area contributed by atoms with Crippen LogP contribution in [0.25, 0.3) is 0 Å². The van der Waals surface area contributed by atoms with Crippen molar-refractivity contribution in [2.75, 3.05) is 19.0 Å². The van der Waals surface area contributed by atoms with Crippen molar-refractivity contribution >= 4 is 11.6 Å². The molecular weight excluding hydrogens is 228 g/mol. The first-order valence-electron chi connectivity index (χ1n) is 5.34. The van der Waals surface area contributed by atoms with Gasteiger partial charge in [-0.3, -0.25) is 4.79 Å². The van der Waals surface area contributed by atoms with Crippen molar-refractivity contribution in [1.82, 2.24) is 0 Å². The van der Waals surface area contributed by atoms with Crippen LogP contribution in [-0.4, -0.2) is 20.0 Å². The van der Waals surface area contributed by atoms with E-state index in [-0.39, 0.29) is 6.42 Å². The van der Waals surface area contributed by atoms with Crippen molar-refractivity contribution in [2.24, 2.45) is 5.73 Å². The Bertz CT molecular complexity index is 505. The quantitative estimate of drug-likeness (QED) is 0.849. The SMILES string of the molecule is CN(C)c1ccc(C(C#N)(C#N)CC(N)=O)cc1. The van der Waals surface area contributed by atoms with Crippen molar-refractivity contribution in [2.45, 2.75) is 11.8 Å². The van der Waals surface area contributed by atoms with Crippen LogP contribution in [0.4, 0.5) is 5.69 Å². The highest BCUT2D eigenvalue weighted by molar-refractivity contribution is 5.77. The summed E-state index contributed by atoms with van der Waals surface area (Å²) in [4.78, 5) is 12.9. The van der Waals surface area contributed by atoms with Gasteiger partial charge in [0.1, 0.15) is 0 Å². The third-order valence-electron chi connectivity index (χ3n) is 2.70. The topological polar surface area (TPSA) is 93.9 Å². The first kappa shape index (κ1) is 13.5. The smallest absolute Gasteiger partial charge is 0.220 e. The van der Waals surface area contributed by atoms with Crippen LogP contribution in [0.3, 0.4) is 0 Å². The molecule has 0 saturated heterocycles. The summed E-state index contributed by atoms with van der Waals surface area (Å²) in [5, 5.41) is 18.3.